The van der Waals surface area contributed by atoms with Crippen LogP contribution >= 0.6 is 15.9 Å². The van der Waals surface area contributed by atoms with Gasteiger partial charge >= 0.3 is 5.97 Å². The van der Waals surface area contributed by atoms with Crippen LogP contribution in [-0.4, -0.2) is 24.7 Å². The highest BCUT2D eigenvalue weighted by atomic mass is 79.9. The highest BCUT2D eigenvalue weighted by Gasteiger charge is 2.14. The first-order valence-electron chi connectivity index (χ1n) is 8.99. The van der Waals surface area contributed by atoms with Crippen molar-refractivity contribution >= 4 is 34.0 Å². The summed E-state index contributed by atoms with van der Waals surface area (Å²) in [7, 11) is 0. The number of nitrogens with one attached hydrogen (secondary N) is 1. The van der Waals surface area contributed by atoms with Gasteiger partial charge in [0.1, 0.15) is 11.5 Å². The van der Waals surface area contributed by atoms with Crippen LogP contribution in [0.1, 0.15) is 27.2 Å². The number of esters is 1. The standard InChI is InChI=1S/C22H19BrN2O5/c1-14-5-7-18(10-15(14)2)29-13-21(26)25-24-12-16-11-17(23)6-8-19(16)30-22(27)20-4-3-9-28-20/h3-12H,13H2,1-2H3,(H,25,26)/b24-12+. The van der Waals surface area contributed by atoms with E-state index in [1.807, 2.05) is 26.0 Å². The second-order valence-corrected chi connectivity index (χ2v) is 7.29. The van der Waals surface area contributed by atoms with Crippen LogP contribution in [0.5, 0.6) is 11.5 Å². The number of benzene rings is 2. The molecule has 0 radical (unpaired) electrons. The zero-order chi connectivity index (χ0) is 21.5. The van der Waals surface area contributed by atoms with Crippen molar-refractivity contribution in [3.05, 3.63) is 81.7 Å². The summed E-state index contributed by atoms with van der Waals surface area (Å²) in [6.45, 7) is 3.79. The lowest BCUT2D eigenvalue weighted by atomic mass is 10.1. The Morgan fingerprint density at radius 2 is 1.97 bits per heavy atom. The molecule has 2 aromatic carbocycles. The van der Waals surface area contributed by atoms with Crippen molar-refractivity contribution in [2.75, 3.05) is 6.61 Å². The van der Waals surface area contributed by atoms with Gasteiger partial charge < -0.3 is 13.9 Å². The molecule has 1 aromatic heterocycles. The quantitative estimate of drug-likeness (QED) is 0.239. The first kappa shape index (κ1) is 21.3. The molecule has 1 N–H and O–H groups in total. The van der Waals surface area contributed by atoms with Crippen LogP contribution < -0.4 is 14.9 Å². The molecule has 8 heteroatoms. The summed E-state index contributed by atoms with van der Waals surface area (Å²) in [4.78, 5) is 24.1. The molecule has 7 nitrogen and oxygen atoms in total. The van der Waals surface area contributed by atoms with Gasteiger partial charge in [-0.15, -0.1) is 0 Å². The van der Waals surface area contributed by atoms with Crippen LogP contribution in [0.2, 0.25) is 0 Å². The summed E-state index contributed by atoms with van der Waals surface area (Å²) in [5, 5.41) is 3.92. The number of furan rings is 1. The van der Waals surface area contributed by atoms with E-state index < -0.39 is 11.9 Å². The van der Waals surface area contributed by atoms with Crippen molar-refractivity contribution in [1.82, 2.24) is 5.43 Å². The molecular weight excluding hydrogens is 452 g/mol. The number of aryl methyl sites for hydroxylation is 2. The smallest absolute Gasteiger partial charge is 0.379 e. The number of rotatable bonds is 7. The molecule has 1 heterocycles. The third-order valence-corrected chi connectivity index (χ3v) is 4.63. The van der Waals surface area contributed by atoms with Crippen molar-refractivity contribution in [3.63, 3.8) is 0 Å². The lowest BCUT2D eigenvalue weighted by Crippen LogP contribution is -2.24. The molecule has 0 saturated heterocycles. The predicted octanol–water partition coefficient (Wildman–Crippen LogP) is 4.41. The van der Waals surface area contributed by atoms with Crippen molar-refractivity contribution < 1.29 is 23.5 Å². The number of carbonyl (C=O) groups is 2. The van der Waals surface area contributed by atoms with Gasteiger partial charge in [-0.25, -0.2) is 10.2 Å². The topological polar surface area (TPSA) is 90.1 Å². The van der Waals surface area contributed by atoms with Crippen LogP contribution in [0, 0.1) is 13.8 Å². The Kier molecular flexibility index (Phi) is 7.03. The molecule has 1 amide bonds. The van der Waals surface area contributed by atoms with Crippen LogP contribution in [0.25, 0.3) is 0 Å². The van der Waals surface area contributed by atoms with Crippen LogP contribution in [-0.2, 0) is 4.79 Å². The molecule has 30 heavy (non-hydrogen) atoms. The van der Waals surface area contributed by atoms with Gasteiger partial charge in [0.05, 0.1) is 12.5 Å². The Bertz CT molecular complexity index is 1080. The molecule has 0 aliphatic carbocycles. The summed E-state index contributed by atoms with van der Waals surface area (Å²) in [6.07, 6.45) is 2.76. The first-order valence-corrected chi connectivity index (χ1v) is 9.79. The minimum Gasteiger partial charge on any atom is -0.484 e. The Morgan fingerprint density at radius 3 is 2.70 bits per heavy atom. The molecule has 0 aliphatic rings. The fourth-order valence-corrected chi connectivity index (χ4v) is 2.80. The van der Waals surface area contributed by atoms with Gasteiger partial charge in [0.25, 0.3) is 5.91 Å². The Balaban J connectivity index is 1.59. The van der Waals surface area contributed by atoms with E-state index in [1.54, 1.807) is 30.3 Å². The predicted molar refractivity (Wildman–Crippen MR) is 115 cm³/mol. The maximum absolute atomic E-state index is 12.1. The zero-order valence-corrected chi connectivity index (χ0v) is 17.9. The molecule has 0 atom stereocenters. The van der Waals surface area contributed by atoms with Gasteiger partial charge in [-0.3, -0.25) is 4.79 Å². The van der Waals surface area contributed by atoms with Crippen LogP contribution in [0.4, 0.5) is 0 Å². The second kappa shape index (κ2) is 9.89. The monoisotopic (exact) mass is 470 g/mol. The molecule has 154 valence electrons. The molecule has 3 rings (SSSR count). The summed E-state index contributed by atoms with van der Waals surface area (Å²) >= 11 is 3.36. The molecule has 0 fully saturated rings. The van der Waals surface area contributed by atoms with Crippen molar-refractivity contribution in [1.29, 1.82) is 0 Å². The zero-order valence-electron chi connectivity index (χ0n) is 16.3. The molecule has 0 unspecified atom stereocenters. The number of carbonyl (C=O) groups excluding carboxylic acids is 2. The largest absolute Gasteiger partial charge is 0.484 e. The molecule has 0 spiro atoms. The molecule has 0 bridgehead atoms. The van der Waals surface area contributed by atoms with E-state index in [-0.39, 0.29) is 18.1 Å². The van der Waals surface area contributed by atoms with Crippen LogP contribution in [0.3, 0.4) is 0 Å². The van der Waals surface area contributed by atoms with Gasteiger partial charge in [-0.05, 0) is 67.4 Å². The van der Waals surface area contributed by atoms with E-state index in [2.05, 4.69) is 26.5 Å². The maximum atomic E-state index is 12.1. The number of hydrogen-bond donors (Lipinski definition) is 1. The van der Waals surface area contributed by atoms with E-state index in [1.165, 1.54) is 18.5 Å². The number of halogens is 1. The van der Waals surface area contributed by atoms with Gasteiger partial charge in [0.15, 0.2) is 6.61 Å². The SMILES string of the molecule is Cc1ccc(OCC(=O)N/N=C/c2cc(Br)ccc2OC(=O)c2ccco2)cc1C. The highest BCUT2D eigenvalue weighted by molar-refractivity contribution is 9.10. The maximum Gasteiger partial charge on any atom is 0.379 e. The lowest BCUT2D eigenvalue weighted by Gasteiger charge is -2.08. The summed E-state index contributed by atoms with van der Waals surface area (Å²) in [6, 6.07) is 13.7. The summed E-state index contributed by atoms with van der Waals surface area (Å²) in [5.41, 5.74) is 5.10. The summed E-state index contributed by atoms with van der Waals surface area (Å²) < 4.78 is 16.6. The molecule has 3 aromatic rings. The Labute approximate surface area is 181 Å². The summed E-state index contributed by atoms with van der Waals surface area (Å²) in [5.74, 6) is -0.102. The van der Waals surface area contributed by atoms with Crippen molar-refractivity contribution in [2.45, 2.75) is 13.8 Å². The van der Waals surface area contributed by atoms with E-state index in [4.69, 9.17) is 13.9 Å². The average Bonchev–Trinajstić information content (AvgIpc) is 3.26. The van der Waals surface area contributed by atoms with Gasteiger partial charge in [0, 0.05) is 10.0 Å². The highest BCUT2D eigenvalue weighted by Crippen LogP contribution is 2.23. The number of nitrogens with zero attached hydrogens (tertiary/aromatic N) is 1. The van der Waals surface area contributed by atoms with Crippen molar-refractivity contribution in [2.24, 2.45) is 5.10 Å². The minimum atomic E-state index is -0.636. The van der Waals surface area contributed by atoms with Gasteiger partial charge in [-0.2, -0.15) is 5.10 Å². The minimum absolute atomic E-state index is 0.0811. The third kappa shape index (κ3) is 5.81. The van der Waals surface area contributed by atoms with Crippen LogP contribution in [0.15, 0.2) is 68.8 Å². The molecule has 0 aliphatic heterocycles. The van der Waals surface area contributed by atoms with E-state index in [0.717, 1.165) is 15.6 Å². The first-order chi connectivity index (χ1) is 14.4. The molecule has 0 saturated carbocycles. The van der Waals surface area contributed by atoms with Crippen molar-refractivity contribution in [3.8, 4) is 11.5 Å². The average molecular weight is 471 g/mol. The van der Waals surface area contributed by atoms with Gasteiger partial charge in [0.2, 0.25) is 5.76 Å². The van der Waals surface area contributed by atoms with E-state index >= 15 is 0 Å². The molecular formula is C22H19BrN2O5. The number of hydrogen-bond acceptors (Lipinski definition) is 6. The normalized spacial score (nSPS) is 10.8. The third-order valence-electron chi connectivity index (χ3n) is 4.14. The Hall–Kier alpha value is -3.39. The number of amides is 1. The Morgan fingerprint density at radius 1 is 1.13 bits per heavy atom. The fraction of sp³-hybridized carbons (Fsp3) is 0.136. The lowest BCUT2D eigenvalue weighted by molar-refractivity contribution is -0.123. The van der Waals surface area contributed by atoms with Gasteiger partial charge in [-0.1, -0.05) is 22.0 Å². The van der Waals surface area contributed by atoms with E-state index in [0.29, 0.717) is 11.3 Å². The number of ether oxygens (including phenoxy) is 2. The van der Waals surface area contributed by atoms with E-state index in [9.17, 15) is 9.59 Å². The second-order valence-electron chi connectivity index (χ2n) is 6.38. The fourth-order valence-electron chi connectivity index (χ4n) is 2.42. The number of hydrazone groups is 1.